The molecular formula is C19H14BrN3O2S. The van der Waals surface area contributed by atoms with Crippen molar-refractivity contribution in [3.63, 3.8) is 0 Å². The van der Waals surface area contributed by atoms with Gasteiger partial charge in [0.05, 0.1) is 11.1 Å². The normalized spacial score (nSPS) is 12.0. The number of aromatic nitrogens is 3. The summed E-state index contributed by atoms with van der Waals surface area (Å²) in [6, 6.07) is 15.3. The lowest BCUT2D eigenvalue weighted by Crippen LogP contribution is -2.23. The number of ether oxygens (including phenoxy) is 1. The van der Waals surface area contributed by atoms with Gasteiger partial charge in [-0.25, -0.2) is 0 Å². The Morgan fingerprint density at radius 2 is 1.96 bits per heavy atom. The molecule has 26 heavy (non-hydrogen) atoms. The van der Waals surface area contributed by atoms with Crippen molar-refractivity contribution >= 4 is 38.3 Å². The zero-order valence-corrected chi connectivity index (χ0v) is 16.3. The first-order chi connectivity index (χ1) is 12.7. The fourth-order valence-electron chi connectivity index (χ4n) is 2.58. The first kappa shape index (κ1) is 16.9. The maximum Gasteiger partial charge on any atom is 0.291 e. The third-order valence-corrected chi connectivity index (χ3v) is 5.28. The summed E-state index contributed by atoms with van der Waals surface area (Å²) in [5.41, 5.74) is 1.56. The number of halogens is 1. The summed E-state index contributed by atoms with van der Waals surface area (Å²) in [6.45, 7) is 2.50. The predicted molar refractivity (Wildman–Crippen MR) is 107 cm³/mol. The summed E-state index contributed by atoms with van der Waals surface area (Å²) >= 11 is 4.73. The van der Waals surface area contributed by atoms with Crippen LogP contribution in [0.15, 0.2) is 57.8 Å². The number of para-hydroxylation sites is 1. The topological polar surface area (TPSA) is 56.5 Å². The molecule has 4 aromatic rings. The molecule has 5 nitrogen and oxygen atoms in total. The second kappa shape index (κ2) is 7.01. The predicted octanol–water partition coefficient (Wildman–Crippen LogP) is 3.53. The molecule has 0 spiro atoms. The maximum atomic E-state index is 12.7. The van der Waals surface area contributed by atoms with E-state index in [0.717, 1.165) is 21.3 Å². The van der Waals surface area contributed by atoms with Crippen molar-refractivity contribution in [1.82, 2.24) is 14.6 Å². The smallest absolute Gasteiger partial charge is 0.291 e. The Labute approximate surface area is 161 Å². The minimum atomic E-state index is -0.174. The van der Waals surface area contributed by atoms with Crippen LogP contribution in [0.2, 0.25) is 0 Å². The Hall–Kier alpha value is -2.51. The van der Waals surface area contributed by atoms with Crippen molar-refractivity contribution < 1.29 is 4.74 Å². The van der Waals surface area contributed by atoms with Gasteiger partial charge in [-0.05, 0) is 31.2 Å². The van der Waals surface area contributed by atoms with Crippen LogP contribution >= 0.6 is 27.3 Å². The number of hydrogen-bond acceptors (Lipinski definition) is 5. The Morgan fingerprint density at radius 3 is 2.69 bits per heavy atom. The van der Waals surface area contributed by atoms with Crippen LogP contribution in [0.5, 0.6) is 5.75 Å². The molecule has 0 aliphatic carbocycles. The van der Waals surface area contributed by atoms with E-state index in [0.29, 0.717) is 21.9 Å². The molecule has 2 aromatic heterocycles. The number of nitrogens with zero attached hydrogens (tertiary/aromatic N) is 3. The molecule has 2 heterocycles. The third-order valence-electron chi connectivity index (χ3n) is 3.79. The van der Waals surface area contributed by atoms with Gasteiger partial charge >= 0.3 is 0 Å². The molecule has 0 N–H and O–H groups in total. The maximum absolute atomic E-state index is 12.7. The van der Waals surface area contributed by atoms with Crippen LogP contribution in [0.25, 0.3) is 22.4 Å². The molecule has 0 fully saturated rings. The van der Waals surface area contributed by atoms with Crippen molar-refractivity contribution in [2.24, 2.45) is 0 Å². The minimum Gasteiger partial charge on any atom is -0.493 e. The van der Waals surface area contributed by atoms with Crippen LogP contribution in [-0.2, 0) is 0 Å². The van der Waals surface area contributed by atoms with Crippen molar-refractivity contribution in [2.45, 2.75) is 6.92 Å². The second-order valence-electron chi connectivity index (χ2n) is 5.52. The number of thiazole rings is 1. The molecule has 0 bridgehead atoms. The van der Waals surface area contributed by atoms with Gasteiger partial charge in [0.1, 0.15) is 5.75 Å². The number of benzene rings is 2. The van der Waals surface area contributed by atoms with Gasteiger partial charge in [0, 0.05) is 15.6 Å². The van der Waals surface area contributed by atoms with E-state index >= 15 is 0 Å². The van der Waals surface area contributed by atoms with Crippen LogP contribution < -0.4 is 14.8 Å². The first-order valence-electron chi connectivity index (χ1n) is 8.05. The fourth-order valence-corrected chi connectivity index (χ4v) is 3.75. The average Bonchev–Trinajstić information content (AvgIpc) is 3.18. The summed E-state index contributed by atoms with van der Waals surface area (Å²) in [6.07, 6.45) is 1.83. The largest absolute Gasteiger partial charge is 0.493 e. The van der Waals surface area contributed by atoms with Crippen LogP contribution in [0.4, 0.5) is 0 Å². The number of fused-ring (bicyclic) bond motifs is 1. The highest BCUT2D eigenvalue weighted by molar-refractivity contribution is 9.10. The van der Waals surface area contributed by atoms with Crippen molar-refractivity contribution in [3.05, 3.63) is 73.5 Å². The average molecular weight is 428 g/mol. The van der Waals surface area contributed by atoms with Crippen LogP contribution in [0.3, 0.4) is 0 Å². The highest BCUT2D eigenvalue weighted by Gasteiger charge is 2.12. The van der Waals surface area contributed by atoms with E-state index in [4.69, 9.17) is 4.74 Å². The van der Waals surface area contributed by atoms with Gasteiger partial charge in [-0.1, -0.05) is 57.6 Å². The van der Waals surface area contributed by atoms with E-state index in [1.165, 1.54) is 15.9 Å². The summed E-state index contributed by atoms with van der Waals surface area (Å²) in [5, 5.41) is 4.37. The van der Waals surface area contributed by atoms with E-state index in [-0.39, 0.29) is 5.56 Å². The van der Waals surface area contributed by atoms with Gasteiger partial charge in [0.2, 0.25) is 4.96 Å². The third kappa shape index (κ3) is 3.15. The quantitative estimate of drug-likeness (QED) is 0.499. The second-order valence-corrected chi connectivity index (χ2v) is 7.45. The summed E-state index contributed by atoms with van der Waals surface area (Å²) in [7, 11) is 0. The zero-order valence-electron chi connectivity index (χ0n) is 13.8. The standard InChI is InChI=1S/C19H14BrN3O2S/c1-2-25-15-6-4-3-5-13(15)11-16-18(24)23-19(26-16)21-17(22-23)12-7-9-14(20)10-8-12/h3-11H,2H2,1H3. The summed E-state index contributed by atoms with van der Waals surface area (Å²) in [4.78, 5) is 17.8. The molecule has 0 amide bonds. The molecule has 0 radical (unpaired) electrons. The van der Waals surface area contributed by atoms with Gasteiger partial charge in [-0.2, -0.15) is 9.50 Å². The molecular weight excluding hydrogens is 414 g/mol. The van der Waals surface area contributed by atoms with Gasteiger partial charge < -0.3 is 4.74 Å². The van der Waals surface area contributed by atoms with E-state index in [1.54, 1.807) is 0 Å². The lowest BCUT2D eigenvalue weighted by molar-refractivity contribution is 0.339. The monoisotopic (exact) mass is 427 g/mol. The Balaban J connectivity index is 1.79. The molecule has 130 valence electrons. The highest BCUT2D eigenvalue weighted by Crippen LogP contribution is 2.20. The van der Waals surface area contributed by atoms with Crippen LogP contribution in [0, 0.1) is 0 Å². The number of hydrogen-bond donors (Lipinski definition) is 0. The van der Waals surface area contributed by atoms with Gasteiger partial charge in [0.15, 0.2) is 5.82 Å². The lowest BCUT2D eigenvalue weighted by Gasteiger charge is -2.05. The molecule has 7 heteroatoms. The fraction of sp³-hybridized carbons (Fsp3) is 0.105. The van der Waals surface area contributed by atoms with E-state index in [1.807, 2.05) is 61.5 Å². The van der Waals surface area contributed by atoms with Crippen LogP contribution in [-0.4, -0.2) is 21.2 Å². The highest BCUT2D eigenvalue weighted by atomic mass is 79.9. The van der Waals surface area contributed by atoms with Crippen molar-refractivity contribution in [1.29, 1.82) is 0 Å². The van der Waals surface area contributed by atoms with Crippen molar-refractivity contribution in [3.8, 4) is 17.1 Å². The van der Waals surface area contributed by atoms with E-state index < -0.39 is 0 Å². The zero-order chi connectivity index (χ0) is 18.1. The number of rotatable bonds is 4. The molecule has 0 aliphatic rings. The molecule has 0 unspecified atom stereocenters. The van der Waals surface area contributed by atoms with E-state index in [9.17, 15) is 4.79 Å². The Kier molecular flexibility index (Phi) is 4.57. The first-order valence-corrected chi connectivity index (χ1v) is 9.65. The SMILES string of the molecule is CCOc1ccccc1C=c1sc2nc(-c3ccc(Br)cc3)nn2c1=O. The molecule has 2 aromatic carbocycles. The van der Waals surface area contributed by atoms with Gasteiger partial charge in [-0.3, -0.25) is 4.79 Å². The molecule has 0 saturated heterocycles. The lowest BCUT2D eigenvalue weighted by atomic mass is 10.2. The summed E-state index contributed by atoms with van der Waals surface area (Å²) < 4.78 is 8.54. The molecule has 0 saturated carbocycles. The molecule has 4 rings (SSSR count). The van der Waals surface area contributed by atoms with Crippen LogP contribution in [0.1, 0.15) is 12.5 Å². The minimum absolute atomic E-state index is 0.174. The Morgan fingerprint density at radius 1 is 1.19 bits per heavy atom. The van der Waals surface area contributed by atoms with Crippen molar-refractivity contribution in [2.75, 3.05) is 6.61 Å². The molecule has 0 atom stereocenters. The molecule has 0 aliphatic heterocycles. The van der Waals surface area contributed by atoms with E-state index in [2.05, 4.69) is 26.0 Å². The summed E-state index contributed by atoms with van der Waals surface area (Å²) in [5.74, 6) is 1.30. The van der Waals surface area contributed by atoms with Gasteiger partial charge in [-0.15, -0.1) is 5.10 Å². The Bertz CT molecular complexity index is 1180. The van der Waals surface area contributed by atoms with Gasteiger partial charge in [0.25, 0.3) is 5.56 Å².